The third kappa shape index (κ3) is 3.69. The third-order valence-electron chi connectivity index (χ3n) is 3.34. The number of amides is 1. The molecule has 0 bridgehead atoms. The number of carbonyl (C=O) groups excluding carboxylic acids is 1. The zero-order valence-corrected chi connectivity index (χ0v) is 11.7. The fourth-order valence-electron chi connectivity index (χ4n) is 2.15. The van der Waals surface area contributed by atoms with Crippen LogP contribution in [0.2, 0.25) is 5.02 Å². The van der Waals surface area contributed by atoms with Gasteiger partial charge in [0, 0.05) is 17.7 Å². The lowest BCUT2D eigenvalue weighted by molar-refractivity contribution is -0.126. The number of halogens is 1. The average molecular weight is 283 g/mol. The number of hydrogen-bond donors (Lipinski definition) is 2. The van der Waals surface area contributed by atoms with Gasteiger partial charge >= 0.3 is 0 Å². The number of benzene rings is 1. The number of nitrogens with one attached hydrogen (secondary N) is 1. The van der Waals surface area contributed by atoms with Gasteiger partial charge < -0.3 is 15.8 Å². The summed E-state index contributed by atoms with van der Waals surface area (Å²) in [5.74, 6) is -0.133. The Bertz CT molecular complexity index is 441. The highest BCUT2D eigenvalue weighted by Crippen LogP contribution is 2.16. The molecule has 4 nitrogen and oxygen atoms in total. The first-order valence-corrected chi connectivity index (χ1v) is 6.79. The smallest absolute Gasteiger partial charge is 0.242 e. The summed E-state index contributed by atoms with van der Waals surface area (Å²) in [4.78, 5) is 12.1. The summed E-state index contributed by atoms with van der Waals surface area (Å²) in [6, 6.07) is 7.64. The summed E-state index contributed by atoms with van der Waals surface area (Å²) in [5.41, 5.74) is 6.27. The molecule has 2 unspecified atom stereocenters. The van der Waals surface area contributed by atoms with E-state index < -0.39 is 5.54 Å². The Labute approximate surface area is 118 Å². The van der Waals surface area contributed by atoms with E-state index in [9.17, 15) is 4.79 Å². The van der Waals surface area contributed by atoms with Crippen molar-refractivity contribution in [3.05, 3.63) is 34.9 Å². The molecule has 1 saturated heterocycles. The van der Waals surface area contributed by atoms with E-state index in [4.69, 9.17) is 22.1 Å². The lowest BCUT2D eigenvalue weighted by atomic mass is 9.98. The van der Waals surface area contributed by atoms with E-state index in [1.807, 2.05) is 31.2 Å². The first kappa shape index (κ1) is 14.3. The van der Waals surface area contributed by atoms with Crippen LogP contribution >= 0.6 is 11.6 Å². The Morgan fingerprint density at radius 1 is 1.53 bits per heavy atom. The number of nitrogens with two attached hydrogens (primary N) is 1. The predicted octanol–water partition coefficient (Wildman–Crippen LogP) is 1.50. The normalized spacial score (nSPS) is 24.2. The molecule has 1 aliphatic rings. The van der Waals surface area contributed by atoms with Crippen molar-refractivity contribution < 1.29 is 9.53 Å². The van der Waals surface area contributed by atoms with Crippen LogP contribution in [0.1, 0.15) is 18.9 Å². The SMILES string of the molecule is CC(Cc1ccc(Cl)cc1)NC(=O)C1(N)CCOC1. The molecule has 0 saturated carbocycles. The summed E-state index contributed by atoms with van der Waals surface area (Å²) in [5, 5.41) is 3.66. The van der Waals surface area contributed by atoms with Gasteiger partial charge in [-0.25, -0.2) is 0 Å². The summed E-state index contributed by atoms with van der Waals surface area (Å²) in [6.07, 6.45) is 1.33. The first-order valence-electron chi connectivity index (χ1n) is 6.42. The van der Waals surface area contributed by atoms with E-state index in [-0.39, 0.29) is 11.9 Å². The van der Waals surface area contributed by atoms with E-state index in [2.05, 4.69) is 5.32 Å². The molecule has 5 heteroatoms. The van der Waals surface area contributed by atoms with Crippen molar-refractivity contribution in [3.63, 3.8) is 0 Å². The van der Waals surface area contributed by atoms with Gasteiger partial charge in [-0.3, -0.25) is 4.79 Å². The number of hydrogen-bond acceptors (Lipinski definition) is 3. The number of carbonyl (C=O) groups is 1. The highest BCUT2D eigenvalue weighted by Gasteiger charge is 2.38. The second kappa shape index (κ2) is 5.90. The van der Waals surface area contributed by atoms with Crippen molar-refractivity contribution in [1.82, 2.24) is 5.32 Å². The Balaban J connectivity index is 1.88. The summed E-state index contributed by atoms with van der Waals surface area (Å²) < 4.78 is 5.19. The molecule has 0 aromatic heterocycles. The topological polar surface area (TPSA) is 64.4 Å². The van der Waals surface area contributed by atoms with Gasteiger partial charge in [-0.05, 0) is 37.5 Å². The molecule has 104 valence electrons. The zero-order chi connectivity index (χ0) is 13.9. The summed E-state index contributed by atoms with van der Waals surface area (Å²) >= 11 is 5.84. The van der Waals surface area contributed by atoms with Crippen LogP contribution < -0.4 is 11.1 Å². The van der Waals surface area contributed by atoms with Crippen LogP contribution in [-0.4, -0.2) is 30.7 Å². The minimum Gasteiger partial charge on any atom is -0.379 e. The van der Waals surface area contributed by atoms with Crippen LogP contribution in [0.3, 0.4) is 0 Å². The minimum absolute atomic E-state index is 0.0229. The van der Waals surface area contributed by atoms with Gasteiger partial charge in [-0.1, -0.05) is 23.7 Å². The van der Waals surface area contributed by atoms with Crippen molar-refractivity contribution in [2.24, 2.45) is 5.73 Å². The van der Waals surface area contributed by atoms with Crippen LogP contribution in [0.25, 0.3) is 0 Å². The zero-order valence-electron chi connectivity index (χ0n) is 11.0. The minimum atomic E-state index is -0.867. The van der Waals surface area contributed by atoms with Gasteiger partial charge in [-0.2, -0.15) is 0 Å². The maximum absolute atomic E-state index is 12.1. The molecular formula is C14H19ClN2O2. The fourth-order valence-corrected chi connectivity index (χ4v) is 2.28. The van der Waals surface area contributed by atoms with E-state index in [0.717, 1.165) is 12.0 Å². The Hall–Kier alpha value is -1.10. The molecule has 1 aromatic carbocycles. The van der Waals surface area contributed by atoms with Crippen molar-refractivity contribution in [2.75, 3.05) is 13.2 Å². The molecule has 19 heavy (non-hydrogen) atoms. The van der Waals surface area contributed by atoms with Crippen LogP contribution in [0.5, 0.6) is 0 Å². The molecule has 0 aliphatic carbocycles. The standard InChI is InChI=1S/C14H19ClN2O2/c1-10(8-11-2-4-12(15)5-3-11)17-13(18)14(16)6-7-19-9-14/h2-5,10H,6-9,16H2,1H3,(H,17,18). The second-order valence-electron chi connectivity index (χ2n) is 5.16. The monoisotopic (exact) mass is 282 g/mol. The van der Waals surface area contributed by atoms with Gasteiger partial charge in [-0.15, -0.1) is 0 Å². The molecule has 2 rings (SSSR count). The largest absolute Gasteiger partial charge is 0.379 e. The van der Waals surface area contributed by atoms with E-state index in [0.29, 0.717) is 24.7 Å². The van der Waals surface area contributed by atoms with Gasteiger partial charge in [0.05, 0.1) is 6.61 Å². The van der Waals surface area contributed by atoms with Crippen molar-refractivity contribution in [1.29, 1.82) is 0 Å². The molecule has 1 aromatic rings. The summed E-state index contributed by atoms with van der Waals surface area (Å²) in [7, 11) is 0. The number of ether oxygens (including phenoxy) is 1. The molecule has 2 atom stereocenters. The molecular weight excluding hydrogens is 264 g/mol. The second-order valence-corrected chi connectivity index (χ2v) is 5.60. The Morgan fingerprint density at radius 2 is 2.21 bits per heavy atom. The molecule has 1 amide bonds. The van der Waals surface area contributed by atoms with E-state index in [1.54, 1.807) is 0 Å². The van der Waals surface area contributed by atoms with Crippen molar-refractivity contribution >= 4 is 17.5 Å². The van der Waals surface area contributed by atoms with Gasteiger partial charge in [0.2, 0.25) is 5.91 Å². The quantitative estimate of drug-likeness (QED) is 0.880. The number of rotatable bonds is 4. The molecule has 0 spiro atoms. The van der Waals surface area contributed by atoms with Crippen LogP contribution in [-0.2, 0) is 16.0 Å². The third-order valence-corrected chi connectivity index (χ3v) is 3.59. The first-order chi connectivity index (χ1) is 8.99. The van der Waals surface area contributed by atoms with Gasteiger partial charge in [0.25, 0.3) is 0 Å². The summed E-state index contributed by atoms with van der Waals surface area (Å²) in [6.45, 7) is 2.81. The van der Waals surface area contributed by atoms with Gasteiger partial charge in [0.15, 0.2) is 0 Å². The maximum Gasteiger partial charge on any atom is 0.242 e. The van der Waals surface area contributed by atoms with Gasteiger partial charge in [0.1, 0.15) is 5.54 Å². The Morgan fingerprint density at radius 3 is 2.79 bits per heavy atom. The highest BCUT2D eigenvalue weighted by molar-refractivity contribution is 6.30. The van der Waals surface area contributed by atoms with Crippen LogP contribution in [0.4, 0.5) is 0 Å². The van der Waals surface area contributed by atoms with Crippen molar-refractivity contribution in [3.8, 4) is 0 Å². The highest BCUT2D eigenvalue weighted by atomic mass is 35.5. The van der Waals surface area contributed by atoms with Crippen LogP contribution in [0, 0.1) is 0 Å². The lowest BCUT2D eigenvalue weighted by Crippen LogP contribution is -2.56. The van der Waals surface area contributed by atoms with Crippen molar-refractivity contribution in [2.45, 2.75) is 31.3 Å². The maximum atomic E-state index is 12.1. The molecule has 0 radical (unpaired) electrons. The fraction of sp³-hybridized carbons (Fsp3) is 0.500. The van der Waals surface area contributed by atoms with Crippen LogP contribution in [0.15, 0.2) is 24.3 Å². The molecule has 1 aliphatic heterocycles. The lowest BCUT2D eigenvalue weighted by Gasteiger charge is -2.23. The molecule has 3 N–H and O–H groups in total. The van der Waals surface area contributed by atoms with E-state index in [1.165, 1.54) is 0 Å². The van der Waals surface area contributed by atoms with E-state index >= 15 is 0 Å². The molecule has 1 heterocycles. The molecule has 1 fully saturated rings. The average Bonchev–Trinajstić information content (AvgIpc) is 2.80. The predicted molar refractivity (Wildman–Crippen MR) is 75.1 cm³/mol. The Kier molecular flexibility index (Phi) is 4.45.